The Balaban J connectivity index is 2.07. The van der Waals surface area contributed by atoms with Crippen LogP contribution >= 0.6 is 0 Å². The van der Waals surface area contributed by atoms with Crippen LogP contribution in [0.3, 0.4) is 0 Å². The second-order valence-electron chi connectivity index (χ2n) is 8.18. The fourth-order valence-electron chi connectivity index (χ4n) is 4.17. The number of aromatic carboxylic acids is 1. The molecule has 0 radical (unpaired) electrons. The summed E-state index contributed by atoms with van der Waals surface area (Å²) in [6, 6.07) is 15.1. The predicted molar refractivity (Wildman–Crippen MR) is 125 cm³/mol. The highest BCUT2D eigenvalue weighted by Crippen LogP contribution is 2.26. The first kappa shape index (κ1) is 22.6. The van der Waals surface area contributed by atoms with Crippen LogP contribution in [0.1, 0.15) is 73.4 Å². The zero-order valence-corrected chi connectivity index (χ0v) is 18.9. The summed E-state index contributed by atoms with van der Waals surface area (Å²) in [5.41, 5.74) is 4.68. The van der Waals surface area contributed by atoms with Crippen LogP contribution in [0.25, 0.3) is 11.1 Å². The van der Waals surface area contributed by atoms with Gasteiger partial charge in [-0.05, 0) is 55.9 Å². The molecular formula is C26H32N2O3. The predicted octanol–water partition coefficient (Wildman–Crippen LogP) is 5.69. The highest BCUT2D eigenvalue weighted by atomic mass is 16.4. The summed E-state index contributed by atoms with van der Waals surface area (Å²) in [6.45, 7) is 8.69. The number of rotatable bonds is 9. The van der Waals surface area contributed by atoms with E-state index in [1.807, 2.05) is 58.5 Å². The number of benzene rings is 2. The lowest BCUT2D eigenvalue weighted by molar-refractivity contribution is 0.0697. The van der Waals surface area contributed by atoms with E-state index < -0.39 is 5.97 Å². The number of aromatic nitrogens is 2. The SMILES string of the molecule is CCCCc1c(C)n(C(C)CC)c(=O)n1Cc1ccc(-c2ccccc2)c(C(=O)O)c1. The van der Waals surface area contributed by atoms with Crippen molar-refractivity contribution in [3.63, 3.8) is 0 Å². The van der Waals surface area contributed by atoms with E-state index in [2.05, 4.69) is 20.8 Å². The molecule has 1 atom stereocenters. The van der Waals surface area contributed by atoms with Crippen LogP contribution in [0, 0.1) is 6.92 Å². The topological polar surface area (TPSA) is 64.2 Å². The second kappa shape index (κ2) is 9.82. The molecule has 5 nitrogen and oxygen atoms in total. The zero-order valence-electron chi connectivity index (χ0n) is 18.9. The van der Waals surface area contributed by atoms with Gasteiger partial charge in [-0.1, -0.05) is 62.7 Å². The number of hydrogen-bond donors (Lipinski definition) is 1. The molecule has 164 valence electrons. The summed E-state index contributed by atoms with van der Waals surface area (Å²) in [6.07, 6.45) is 3.79. The van der Waals surface area contributed by atoms with Crippen molar-refractivity contribution in [3.05, 3.63) is 81.5 Å². The third-order valence-corrected chi connectivity index (χ3v) is 6.08. The van der Waals surface area contributed by atoms with Gasteiger partial charge in [0, 0.05) is 17.4 Å². The molecule has 31 heavy (non-hydrogen) atoms. The van der Waals surface area contributed by atoms with E-state index in [1.165, 1.54) is 0 Å². The molecule has 5 heteroatoms. The molecule has 1 heterocycles. The standard InChI is InChI=1S/C26H32N2O3/c1-5-7-13-24-19(4)28(18(3)6-2)26(31)27(24)17-20-14-15-22(23(16-20)25(29)30)21-11-9-8-10-12-21/h8-12,14-16,18H,5-7,13,17H2,1-4H3,(H,29,30). The molecule has 0 amide bonds. The highest BCUT2D eigenvalue weighted by Gasteiger charge is 2.20. The Morgan fingerprint density at radius 3 is 2.42 bits per heavy atom. The molecule has 3 rings (SSSR count). The monoisotopic (exact) mass is 420 g/mol. The van der Waals surface area contributed by atoms with E-state index in [1.54, 1.807) is 6.07 Å². The Labute approximate surface area is 184 Å². The van der Waals surface area contributed by atoms with Crippen LogP contribution < -0.4 is 5.69 Å². The van der Waals surface area contributed by atoms with Crippen LogP contribution in [-0.4, -0.2) is 20.2 Å². The smallest absolute Gasteiger partial charge is 0.336 e. The fraction of sp³-hybridized carbons (Fsp3) is 0.385. The molecule has 3 aromatic rings. The van der Waals surface area contributed by atoms with Gasteiger partial charge in [0.2, 0.25) is 0 Å². The Morgan fingerprint density at radius 1 is 1.10 bits per heavy atom. The molecule has 1 unspecified atom stereocenters. The molecule has 0 aliphatic carbocycles. The lowest BCUT2D eigenvalue weighted by Gasteiger charge is -2.12. The molecule has 0 aliphatic rings. The molecule has 2 aromatic carbocycles. The molecule has 0 aliphatic heterocycles. The van der Waals surface area contributed by atoms with Crippen LogP contribution in [-0.2, 0) is 13.0 Å². The third-order valence-electron chi connectivity index (χ3n) is 6.08. The second-order valence-corrected chi connectivity index (χ2v) is 8.18. The van der Waals surface area contributed by atoms with Crippen LogP contribution in [0.4, 0.5) is 0 Å². The first-order chi connectivity index (χ1) is 14.9. The van der Waals surface area contributed by atoms with Crippen molar-refractivity contribution < 1.29 is 9.90 Å². The number of imidazole rings is 1. The van der Waals surface area contributed by atoms with Crippen molar-refractivity contribution in [1.82, 2.24) is 9.13 Å². The average Bonchev–Trinajstić information content (AvgIpc) is 3.01. The molecule has 0 saturated carbocycles. The summed E-state index contributed by atoms with van der Waals surface area (Å²) in [4.78, 5) is 25.3. The van der Waals surface area contributed by atoms with Crippen molar-refractivity contribution in [2.75, 3.05) is 0 Å². The Hall–Kier alpha value is -3.08. The van der Waals surface area contributed by atoms with Gasteiger partial charge in [-0.25, -0.2) is 9.59 Å². The van der Waals surface area contributed by atoms with Gasteiger partial charge in [0.15, 0.2) is 0 Å². The average molecular weight is 421 g/mol. The van der Waals surface area contributed by atoms with E-state index in [-0.39, 0.29) is 17.3 Å². The van der Waals surface area contributed by atoms with Gasteiger partial charge in [0.1, 0.15) is 0 Å². The summed E-state index contributed by atoms with van der Waals surface area (Å²) in [7, 11) is 0. The van der Waals surface area contributed by atoms with Gasteiger partial charge < -0.3 is 5.11 Å². The molecular weight excluding hydrogens is 388 g/mol. The number of carbonyl (C=O) groups is 1. The lowest BCUT2D eigenvalue weighted by atomic mass is 9.97. The molecule has 0 spiro atoms. The number of carboxylic acids is 1. The maximum Gasteiger partial charge on any atom is 0.336 e. The van der Waals surface area contributed by atoms with Crippen molar-refractivity contribution in [2.24, 2.45) is 0 Å². The molecule has 1 aromatic heterocycles. The molecule has 0 fully saturated rings. The maximum atomic E-state index is 13.3. The van der Waals surface area contributed by atoms with Crippen LogP contribution in [0.15, 0.2) is 53.3 Å². The minimum Gasteiger partial charge on any atom is -0.478 e. The first-order valence-electron chi connectivity index (χ1n) is 11.1. The van der Waals surface area contributed by atoms with E-state index in [4.69, 9.17) is 0 Å². The van der Waals surface area contributed by atoms with Gasteiger partial charge in [-0.2, -0.15) is 0 Å². The Bertz CT molecular complexity index is 1110. The first-order valence-corrected chi connectivity index (χ1v) is 11.1. The summed E-state index contributed by atoms with van der Waals surface area (Å²) < 4.78 is 3.72. The van der Waals surface area contributed by atoms with Crippen molar-refractivity contribution in [2.45, 2.75) is 66.0 Å². The van der Waals surface area contributed by atoms with Crippen molar-refractivity contribution >= 4 is 5.97 Å². The zero-order chi connectivity index (χ0) is 22.5. The third kappa shape index (κ3) is 4.66. The fourth-order valence-corrected chi connectivity index (χ4v) is 4.17. The largest absolute Gasteiger partial charge is 0.478 e. The van der Waals surface area contributed by atoms with Gasteiger partial charge in [-0.3, -0.25) is 9.13 Å². The quantitative estimate of drug-likeness (QED) is 0.484. The van der Waals surface area contributed by atoms with Crippen LogP contribution in [0.2, 0.25) is 0 Å². The van der Waals surface area contributed by atoms with Crippen LogP contribution in [0.5, 0.6) is 0 Å². The normalized spacial score (nSPS) is 12.1. The molecule has 0 bridgehead atoms. The summed E-state index contributed by atoms with van der Waals surface area (Å²) in [5, 5.41) is 9.82. The minimum atomic E-state index is -0.965. The van der Waals surface area contributed by atoms with Crippen molar-refractivity contribution in [1.29, 1.82) is 0 Å². The Kier molecular flexibility index (Phi) is 7.16. The number of hydrogen-bond acceptors (Lipinski definition) is 2. The van der Waals surface area contributed by atoms with E-state index in [0.717, 1.165) is 48.2 Å². The van der Waals surface area contributed by atoms with Gasteiger partial charge in [0.25, 0.3) is 0 Å². The maximum absolute atomic E-state index is 13.3. The van der Waals surface area contributed by atoms with Gasteiger partial charge in [-0.15, -0.1) is 0 Å². The molecule has 1 N–H and O–H groups in total. The number of nitrogens with zero attached hydrogens (tertiary/aromatic N) is 2. The number of unbranched alkanes of at least 4 members (excludes halogenated alkanes) is 1. The van der Waals surface area contributed by atoms with Gasteiger partial charge in [0.05, 0.1) is 12.1 Å². The highest BCUT2D eigenvalue weighted by molar-refractivity contribution is 5.96. The van der Waals surface area contributed by atoms with E-state index >= 15 is 0 Å². The lowest BCUT2D eigenvalue weighted by Crippen LogP contribution is -2.27. The minimum absolute atomic E-state index is 0.0121. The number of carboxylic acid groups (broad SMARTS) is 1. The van der Waals surface area contributed by atoms with Gasteiger partial charge >= 0.3 is 11.7 Å². The molecule has 0 saturated heterocycles. The summed E-state index contributed by atoms with van der Waals surface area (Å²) >= 11 is 0. The Morgan fingerprint density at radius 2 is 1.81 bits per heavy atom. The summed E-state index contributed by atoms with van der Waals surface area (Å²) in [5.74, 6) is -0.965. The van der Waals surface area contributed by atoms with Crippen molar-refractivity contribution in [3.8, 4) is 11.1 Å². The van der Waals surface area contributed by atoms with E-state index in [0.29, 0.717) is 12.1 Å². The van der Waals surface area contributed by atoms with E-state index in [9.17, 15) is 14.7 Å².